The standard InChI is InChI=1S/C22H26O5/c1-14(2)27-20-10-15(7-8-23)9-17(11-20)16-3-5-19(6-4-16)26-13-18-12-21(18)22(24)25/h3-6,9-11,14,18,21,23H,7-8,12-13H2,1-2H3,(H,24,25). The summed E-state index contributed by atoms with van der Waals surface area (Å²) in [4.78, 5) is 10.9. The van der Waals surface area contributed by atoms with Gasteiger partial charge in [-0.15, -0.1) is 0 Å². The molecule has 2 unspecified atom stereocenters. The number of carboxylic acid groups (broad SMARTS) is 1. The Hall–Kier alpha value is -2.53. The number of ether oxygens (including phenoxy) is 2. The Labute approximate surface area is 159 Å². The fraction of sp³-hybridized carbons (Fsp3) is 0.409. The predicted molar refractivity (Wildman–Crippen MR) is 103 cm³/mol. The van der Waals surface area contributed by atoms with E-state index < -0.39 is 5.97 Å². The third kappa shape index (κ3) is 5.23. The third-order valence-corrected chi connectivity index (χ3v) is 4.63. The van der Waals surface area contributed by atoms with Gasteiger partial charge in [-0.25, -0.2) is 0 Å². The zero-order valence-electron chi connectivity index (χ0n) is 15.7. The zero-order valence-corrected chi connectivity index (χ0v) is 15.7. The smallest absolute Gasteiger partial charge is 0.306 e. The average molecular weight is 370 g/mol. The van der Waals surface area contributed by atoms with Crippen LogP contribution in [-0.4, -0.2) is 35.5 Å². The molecule has 0 radical (unpaired) electrons. The second kappa shape index (κ2) is 8.44. The minimum Gasteiger partial charge on any atom is -0.493 e. The molecule has 1 aliphatic rings. The molecule has 5 nitrogen and oxygen atoms in total. The molecule has 1 aliphatic carbocycles. The Morgan fingerprint density at radius 1 is 1.11 bits per heavy atom. The second-order valence-corrected chi connectivity index (χ2v) is 7.28. The van der Waals surface area contributed by atoms with Crippen LogP contribution < -0.4 is 9.47 Å². The number of carboxylic acids is 1. The van der Waals surface area contributed by atoms with Gasteiger partial charge < -0.3 is 19.7 Å². The first kappa shape index (κ1) is 19.2. The van der Waals surface area contributed by atoms with Crippen LogP contribution in [0.2, 0.25) is 0 Å². The number of rotatable bonds is 9. The van der Waals surface area contributed by atoms with Crippen molar-refractivity contribution in [1.82, 2.24) is 0 Å². The molecule has 2 aromatic rings. The van der Waals surface area contributed by atoms with Gasteiger partial charge >= 0.3 is 5.97 Å². The highest BCUT2D eigenvalue weighted by atomic mass is 16.5. The quantitative estimate of drug-likeness (QED) is 0.703. The van der Waals surface area contributed by atoms with E-state index in [9.17, 15) is 9.90 Å². The summed E-state index contributed by atoms with van der Waals surface area (Å²) in [5.74, 6) is 0.659. The topological polar surface area (TPSA) is 76.0 Å². The molecule has 0 saturated heterocycles. The first-order valence-corrected chi connectivity index (χ1v) is 9.34. The molecule has 1 fully saturated rings. The van der Waals surface area contributed by atoms with E-state index in [0.29, 0.717) is 19.4 Å². The van der Waals surface area contributed by atoms with Gasteiger partial charge in [-0.1, -0.05) is 18.2 Å². The lowest BCUT2D eigenvalue weighted by atomic mass is 10.0. The first-order chi connectivity index (χ1) is 13.0. The van der Waals surface area contributed by atoms with Crippen molar-refractivity contribution in [3.63, 3.8) is 0 Å². The van der Waals surface area contributed by atoms with Crippen molar-refractivity contribution in [2.45, 2.75) is 32.8 Å². The maximum absolute atomic E-state index is 10.9. The third-order valence-electron chi connectivity index (χ3n) is 4.63. The molecule has 144 valence electrons. The van der Waals surface area contributed by atoms with E-state index in [4.69, 9.17) is 14.6 Å². The van der Waals surface area contributed by atoms with Crippen molar-refractivity contribution in [3.8, 4) is 22.6 Å². The lowest BCUT2D eigenvalue weighted by molar-refractivity contribution is -0.138. The Morgan fingerprint density at radius 2 is 1.85 bits per heavy atom. The van der Waals surface area contributed by atoms with Gasteiger partial charge in [0.05, 0.1) is 18.6 Å². The first-order valence-electron chi connectivity index (χ1n) is 9.34. The van der Waals surface area contributed by atoms with E-state index in [-0.39, 0.29) is 24.5 Å². The van der Waals surface area contributed by atoms with Gasteiger partial charge in [0.25, 0.3) is 0 Å². The number of aliphatic hydroxyl groups excluding tert-OH is 1. The molecule has 0 amide bonds. The molecule has 1 saturated carbocycles. The van der Waals surface area contributed by atoms with E-state index in [1.54, 1.807) is 0 Å². The fourth-order valence-electron chi connectivity index (χ4n) is 3.12. The van der Waals surface area contributed by atoms with Crippen molar-refractivity contribution in [1.29, 1.82) is 0 Å². The molecule has 0 bridgehead atoms. The monoisotopic (exact) mass is 370 g/mol. The molecule has 3 rings (SSSR count). The summed E-state index contributed by atoms with van der Waals surface area (Å²) < 4.78 is 11.6. The molecule has 2 aromatic carbocycles. The maximum Gasteiger partial charge on any atom is 0.306 e. The molecule has 0 spiro atoms. The van der Waals surface area contributed by atoms with Crippen LogP contribution in [-0.2, 0) is 11.2 Å². The van der Waals surface area contributed by atoms with Gasteiger partial charge in [-0.3, -0.25) is 4.79 Å². The highest BCUT2D eigenvalue weighted by Gasteiger charge is 2.43. The van der Waals surface area contributed by atoms with E-state index in [0.717, 1.165) is 28.2 Å². The number of aliphatic carboxylic acids is 1. The number of hydrogen-bond acceptors (Lipinski definition) is 4. The molecule has 0 heterocycles. The minimum atomic E-state index is -0.735. The van der Waals surface area contributed by atoms with Gasteiger partial charge in [-0.05, 0) is 67.6 Å². The molecule has 27 heavy (non-hydrogen) atoms. The summed E-state index contributed by atoms with van der Waals surface area (Å²) >= 11 is 0. The molecule has 2 N–H and O–H groups in total. The van der Waals surface area contributed by atoms with Crippen LogP contribution in [0.1, 0.15) is 25.8 Å². The SMILES string of the molecule is CC(C)Oc1cc(CCO)cc(-c2ccc(OCC3CC3C(=O)O)cc2)c1. The van der Waals surface area contributed by atoms with Crippen LogP contribution in [0.3, 0.4) is 0 Å². The van der Waals surface area contributed by atoms with Crippen molar-refractivity contribution in [2.75, 3.05) is 13.2 Å². The van der Waals surface area contributed by atoms with Crippen LogP contribution in [0.4, 0.5) is 0 Å². The van der Waals surface area contributed by atoms with E-state index in [1.165, 1.54) is 0 Å². The fourth-order valence-corrected chi connectivity index (χ4v) is 3.12. The maximum atomic E-state index is 10.9. The van der Waals surface area contributed by atoms with Crippen molar-refractivity contribution in [3.05, 3.63) is 48.0 Å². The highest BCUT2D eigenvalue weighted by molar-refractivity contribution is 5.73. The highest BCUT2D eigenvalue weighted by Crippen LogP contribution is 2.39. The largest absolute Gasteiger partial charge is 0.493 e. The van der Waals surface area contributed by atoms with Crippen LogP contribution >= 0.6 is 0 Å². The van der Waals surface area contributed by atoms with Gasteiger partial charge in [0, 0.05) is 12.5 Å². The molecular weight excluding hydrogens is 344 g/mol. The molecular formula is C22H26O5. The Morgan fingerprint density at radius 3 is 2.44 bits per heavy atom. The van der Waals surface area contributed by atoms with E-state index >= 15 is 0 Å². The normalized spacial score (nSPS) is 18.4. The average Bonchev–Trinajstić information content (AvgIpc) is 3.40. The van der Waals surface area contributed by atoms with Gasteiger partial charge in [0.2, 0.25) is 0 Å². The molecule has 2 atom stereocenters. The van der Waals surface area contributed by atoms with Crippen LogP contribution in [0.15, 0.2) is 42.5 Å². The Bertz CT molecular complexity index is 782. The number of hydrogen-bond donors (Lipinski definition) is 2. The molecule has 5 heteroatoms. The summed E-state index contributed by atoms with van der Waals surface area (Å²) in [6.07, 6.45) is 1.36. The van der Waals surface area contributed by atoms with E-state index in [1.807, 2.05) is 50.2 Å². The van der Waals surface area contributed by atoms with Gasteiger partial charge in [0.15, 0.2) is 0 Å². The predicted octanol–water partition coefficient (Wildman–Crippen LogP) is 3.78. The number of aliphatic hydroxyl groups is 1. The number of benzene rings is 2. The Kier molecular flexibility index (Phi) is 6.01. The summed E-state index contributed by atoms with van der Waals surface area (Å²) in [7, 11) is 0. The van der Waals surface area contributed by atoms with Crippen LogP contribution in [0.25, 0.3) is 11.1 Å². The summed E-state index contributed by atoms with van der Waals surface area (Å²) in [6.45, 7) is 4.50. The zero-order chi connectivity index (χ0) is 19.4. The van der Waals surface area contributed by atoms with Gasteiger partial charge in [-0.2, -0.15) is 0 Å². The van der Waals surface area contributed by atoms with E-state index in [2.05, 4.69) is 6.07 Å². The summed E-state index contributed by atoms with van der Waals surface area (Å²) in [5.41, 5.74) is 3.08. The van der Waals surface area contributed by atoms with Crippen molar-refractivity contribution >= 4 is 5.97 Å². The van der Waals surface area contributed by atoms with Crippen molar-refractivity contribution < 1.29 is 24.5 Å². The molecule has 0 aromatic heterocycles. The lowest BCUT2D eigenvalue weighted by Crippen LogP contribution is -2.06. The number of carbonyl (C=O) groups is 1. The minimum absolute atomic E-state index is 0.0788. The van der Waals surface area contributed by atoms with Gasteiger partial charge in [0.1, 0.15) is 11.5 Å². The van der Waals surface area contributed by atoms with Crippen molar-refractivity contribution in [2.24, 2.45) is 11.8 Å². The van der Waals surface area contributed by atoms with Crippen LogP contribution in [0.5, 0.6) is 11.5 Å². The summed E-state index contributed by atoms with van der Waals surface area (Å²) in [5, 5.41) is 18.2. The Balaban J connectivity index is 1.70. The summed E-state index contributed by atoms with van der Waals surface area (Å²) in [6, 6.07) is 13.8. The van der Waals surface area contributed by atoms with Crippen LogP contribution in [0, 0.1) is 11.8 Å². The second-order valence-electron chi connectivity index (χ2n) is 7.28. The molecule has 0 aliphatic heterocycles. The lowest BCUT2D eigenvalue weighted by Gasteiger charge is -2.14.